The monoisotopic (exact) mass is 628 g/mol. The van der Waals surface area contributed by atoms with Crippen molar-refractivity contribution in [3.63, 3.8) is 0 Å². The highest BCUT2D eigenvalue weighted by molar-refractivity contribution is 7.07. The Hall–Kier alpha value is -4.40. The highest BCUT2D eigenvalue weighted by Crippen LogP contribution is 2.35. The smallest absolute Gasteiger partial charge is 0.338 e. The van der Waals surface area contributed by atoms with Gasteiger partial charge >= 0.3 is 5.97 Å². The third kappa shape index (κ3) is 6.42. The zero-order valence-electron chi connectivity index (χ0n) is 25.1. The molecule has 0 bridgehead atoms. The lowest BCUT2D eigenvalue weighted by Crippen LogP contribution is -2.39. The van der Waals surface area contributed by atoms with Crippen molar-refractivity contribution in [1.29, 1.82) is 0 Å². The molecule has 0 aliphatic carbocycles. The largest absolute Gasteiger partial charge is 0.493 e. The number of carbonyl (C=O) groups is 1. The van der Waals surface area contributed by atoms with E-state index in [9.17, 15) is 9.59 Å². The lowest BCUT2D eigenvalue weighted by atomic mass is 9.95. The van der Waals surface area contributed by atoms with E-state index in [1.165, 1.54) is 11.3 Å². The number of halogens is 1. The van der Waals surface area contributed by atoms with Crippen LogP contribution in [0.5, 0.6) is 11.5 Å². The SMILES string of the molecule is C=CCc1cc(/C=c2/sc3n(c2=O)[C@@H](c2ccc(C)cc2)C(C(=O)OCC)=C(C)N=3)cc(OC)c1OCc1ccc(Cl)cc1. The lowest BCUT2D eigenvalue weighted by Gasteiger charge is -2.24. The van der Waals surface area contributed by atoms with Gasteiger partial charge in [0.2, 0.25) is 0 Å². The molecule has 44 heavy (non-hydrogen) atoms. The van der Waals surface area contributed by atoms with Crippen molar-refractivity contribution in [2.75, 3.05) is 13.7 Å². The number of methoxy groups -OCH3 is 1. The molecule has 1 aliphatic rings. The Balaban J connectivity index is 1.60. The first-order chi connectivity index (χ1) is 21.2. The Morgan fingerprint density at radius 1 is 1.11 bits per heavy atom. The Morgan fingerprint density at radius 3 is 2.50 bits per heavy atom. The zero-order chi connectivity index (χ0) is 31.4. The van der Waals surface area contributed by atoms with Gasteiger partial charge in [-0.15, -0.1) is 6.58 Å². The number of esters is 1. The number of allylic oxidation sites excluding steroid dienone is 2. The van der Waals surface area contributed by atoms with Crippen LogP contribution in [0.2, 0.25) is 5.02 Å². The first-order valence-corrected chi connectivity index (χ1v) is 15.4. The maximum Gasteiger partial charge on any atom is 0.338 e. The van der Waals surface area contributed by atoms with E-state index in [2.05, 4.69) is 11.6 Å². The summed E-state index contributed by atoms with van der Waals surface area (Å²) in [6, 6.07) is 18.4. The minimum Gasteiger partial charge on any atom is -0.493 e. The summed E-state index contributed by atoms with van der Waals surface area (Å²) in [5.74, 6) is 0.659. The first kappa shape index (κ1) is 31.0. The molecule has 0 unspecified atom stereocenters. The molecule has 0 amide bonds. The molecule has 5 rings (SSSR count). The van der Waals surface area contributed by atoms with Crippen LogP contribution < -0.4 is 24.4 Å². The summed E-state index contributed by atoms with van der Waals surface area (Å²) < 4.78 is 19.4. The number of nitrogens with zero attached hydrogens (tertiary/aromatic N) is 2. The molecule has 0 saturated heterocycles. The molecule has 7 nitrogen and oxygen atoms in total. The Kier molecular flexibility index (Phi) is 9.52. The highest BCUT2D eigenvalue weighted by atomic mass is 35.5. The summed E-state index contributed by atoms with van der Waals surface area (Å²) in [4.78, 5) is 32.4. The van der Waals surface area contributed by atoms with Crippen LogP contribution in [0.15, 0.2) is 94.4 Å². The number of aromatic nitrogens is 1. The van der Waals surface area contributed by atoms with Gasteiger partial charge in [0.05, 0.1) is 35.6 Å². The molecule has 226 valence electrons. The number of fused-ring (bicyclic) bond motifs is 1. The number of aryl methyl sites for hydroxylation is 1. The van der Waals surface area contributed by atoms with Gasteiger partial charge in [0, 0.05) is 10.6 Å². The first-order valence-electron chi connectivity index (χ1n) is 14.2. The number of ether oxygens (including phenoxy) is 3. The molecule has 0 spiro atoms. The van der Waals surface area contributed by atoms with Crippen LogP contribution in [0.1, 0.15) is 47.7 Å². The number of rotatable bonds is 10. The van der Waals surface area contributed by atoms with Crippen LogP contribution in [0.25, 0.3) is 6.08 Å². The second-order valence-corrected chi connectivity index (χ2v) is 11.8. The van der Waals surface area contributed by atoms with Gasteiger partial charge in [-0.3, -0.25) is 9.36 Å². The molecule has 1 atom stereocenters. The van der Waals surface area contributed by atoms with Crippen molar-refractivity contribution in [3.8, 4) is 11.5 Å². The van der Waals surface area contributed by atoms with Crippen LogP contribution in [-0.4, -0.2) is 24.3 Å². The quantitative estimate of drug-likeness (QED) is 0.157. The van der Waals surface area contributed by atoms with E-state index in [1.807, 2.05) is 73.7 Å². The lowest BCUT2D eigenvalue weighted by molar-refractivity contribution is -0.139. The second kappa shape index (κ2) is 13.5. The summed E-state index contributed by atoms with van der Waals surface area (Å²) in [6.07, 6.45) is 4.14. The predicted molar refractivity (Wildman–Crippen MR) is 174 cm³/mol. The molecule has 0 fully saturated rings. The third-order valence-corrected chi connectivity index (χ3v) is 8.48. The summed E-state index contributed by atoms with van der Waals surface area (Å²) in [5, 5.41) is 0.658. The average molecular weight is 629 g/mol. The van der Waals surface area contributed by atoms with Gasteiger partial charge < -0.3 is 14.2 Å². The maximum atomic E-state index is 14.0. The van der Waals surface area contributed by atoms with Crippen molar-refractivity contribution in [2.45, 2.75) is 39.8 Å². The summed E-state index contributed by atoms with van der Waals surface area (Å²) in [7, 11) is 1.58. The Bertz CT molecular complexity index is 1920. The van der Waals surface area contributed by atoms with Gasteiger partial charge in [0.1, 0.15) is 6.61 Å². The predicted octanol–water partition coefficient (Wildman–Crippen LogP) is 6.08. The van der Waals surface area contributed by atoms with E-state index in [0.29, 0.717) is 50.2 Å². The molecule has 9 heteroatoms. The summed E-state index contributed by atoms with van der Waals surface area (Å²) >= 11 is 7.30. The molecular formula is C35H33ClN2O5S. The van der Waals surface area contributed by atoms with E-state index in [1.54, 1.807) is 31.6 Å². The van der Waals surface area contributed by atoms with Crippen molar-refractivity contribution in [1.82, 2.24) is 4.57 Å². The van der Waals surface area contributed by atoms with Gasteiger partial charge in [0.15, 0.2) is 16.3 Å². The molecule has 1 aliphatic heterocycles. The standard InChI is InChI=1S/C35H33ClN2O5S/c1-6-8-26-17-24(18-28(41-5)32(26)43-20-23-11-15-27(36)16-12-23)19-29-33(39)38-31(25-13-9-21(3)10-14-25)30(34(40)42-7-2)22(4)37-35(38)44-29/h6,9-19,31H,1,7-8,20H2,2-5H3/b29-19+/t31-/m0/s1. The molecular weight excluding hydrogens is 596 g/mol. The molecule has 2 heterocycles. The Morgan fingerprint density at radius 2 is 1.84 bits per heavy atom. The zero-order valence-corrected chi connectivity index (χ0v) is 26.6. The van der Waals surface area contributed by atoms with Crippen LogP contribution in [0.3, 0.4) is 0 Å². The molecule has 0 radical (unpaired) electrons. The Labute approximate surface area is 265 Å². The minimum absolute atomic E-state index is 0.217. The summed E-state index contributed by atoms with van der Waals surface area (Å²) in [5.41, 5.74) is 5.10. The van der Waals surface area contributed by atoms with E-state index in [0.717, 1.165) is 27.8 Å². The molecule has 0 saturated carbocycles. The van der Waals surface area contributed by atoms with Gasteiger partial charge in [0.25, 0.3) is 5.56 Å². The van der Waals surface area contributed by atoms with Crippen LogP contribution in [-0.2, 0) is 22.6 Å². The highest BCUT2D eigenvalue weighted by Gasteiger charge is 2.33. The number of thiazole rings is 1. The second-order valence-electron chi connectivity index (χ2n) is 10.3. The van der Waals surface area contributed by atoms with Gasteiger partial charge in [-0.05, 0) is 74.2 Å². The van der Waals surface area contributed by atoms with Crippen molar-refractivity contribution in [2.24, 2.45) is 4.99 Å². The molecule has 1 aromatic heterocycles. The number of benzene rings is 3. The number of hydrogen-bond donors (Lipinski definition) is 0. The van der Waals surface area contributed by atoms with Gasteiger partial charge in [-0.1, -0.05) is 71.0 Å². The fraction of sp³-hybridized carbons (Fsp3) is 0.229. The average Bonchev–Trinajstić information content (AvgIpc) is 3.31. The topological polar surface area (TPSA) is 79.1 Å². The van der Waals surface area contributed by atoms with Crippen molar-refractivity contribution >= 4 is 35.0 Å². The number of carbonyl (C=O) groups excluding carboxylic acids is 1. The summed E-state index contributed by atoms with van der Waals surface area (Å²) in [6.45, 7) is 9.98. The van der Waals surface area contributed by atoms with Crippen LogP contribution in [0, 0.1) is 6.92 Å². The maximum absolute atomic E-state index is 14.0. The molecule has 0 N–H and O–H groups in total. The fourth-order valence-corrected chi connectivity index (χ4v) is 6.31. The van der Waals surface area contributed by atoms with Gasteiger partial charge in [-0.2, -0.15) is 0 Å². The fourth-order valence-electron chi connectivity index (χ4n) is 5.13. The van der Waals surface area contributed by atoms with E-state index in [4.69, 9.17) is 25.8 Å². The van der Waals surface area contributed by atoms with Crippen LogP contribution in [0.4, 0.5) is 0 Å². The molecule has 3 aromatic carbocycles. The number of hydrogen-bond acceptors (Lipinski definition) is 7. The van der Waals surface area contributed by atoms with Crippen molar-refractivity contribution in [3.05, 3.63) is 137 Å². The van der Waals surface area contributed by atoms with E-state index < -0.39 is 12.0 Å². The van der Waals surface area contributed by atoms with Crippen LogP contribution >= 0.6 is 22.9 Å². The third-order valence-electron chi connectivity index (χ3n) is 7.24. The van der Waals surface area contributed by atoms with Crippen molar-refractivity contribution < 1.29 is 19.0 Å². The minimum atomic E-state index is -0.664. The van der Waals surface area contributed by atoms with E-state index >= 15 is 0 Å². The normalized spacial score (nSPS) is 14.6. The van der Waals surface area contributed by atoms with E-state index in [-0.39, 0.29) is 12.2 Å². The van der Waals surface area contributed by atoms with Gasteiger partial charge in [-0.25, -0.2) is 9.79 Å². The molecule has 4 aromatic rings.